The summed E-state index contributed by atoms with van der Waals surface area (Å²) in [4.78, 5) is 9.99. The van der Waals surface area contributed by atoms with Crippen LogP contribution in [0.5, 0.6) is 0 Å². The Labute approximate surface area is 229 Å². The molecule has 2 heterocycles. The number of nitrogens with zero attached hydrogens (tertiary/aromatic N) is 2. The van der Waals surface area contributed by atoms with Crippen LogP contribution in [0.4, 0.5) is 0 Å². The maximum absolute atomic E-state index is 5.29. The predicted molar refractivity (Wildman–Crippen MR) is 166 cm³/mol. The van der Waals surface area contributed by atoms with Crippen LogP contribution in [-0.4, -0.2) is 18.0 Å². The Bertz CT molecular complexity index is 1810. The van der Waals surface area contributed by atoms with Gasteiger partial charge in [-0.2, -0.15) is 0 Å². The van der Waals surface area contributed by atoms with Gasteiger partial charge in [0.15, 0.2) is 8.07 Å². The molecule has 0 N–H and O–H groups in total. The molecule has 39 heavy (non-hydrogen) atoms. The van der Waals surface area contributed by atoms with Crippen molar-refractivity contribution in [2.24, 2.45) is 0 Å². The lowest BCUT2D eigenvalue weighted by Gasteiger charge is -2.35. The van der Waals surface area contributed by atoms with E-state index >= 15 is 0 Å². The second-order valence-corrected chi connectivity index (χ2v) is 13.6. The number of hydrogen-bond donors (Lipinski definition) is 0. The van der Waals surface area contributed by atoms with Crippen molar-refractivity contribution in [1.82, 2.24) is 9.97 Å². The molecule has 0 aliphatic rings. The second kappa shape index (κ2) is 9.79. The zero-order chi connectivity index (χ0) is 26.1. The molecule has 0 amide bonds. The highest BCUT2D eigenvalue weighted by Crippen LogP contribution is 2.26. The third-order valence-electron chi connectivity index (χ3n) is 7.66. The van der Waals surface area contributed by atoms with Crippen LogP contribution in [0.3, 0.4) is 0 Å². The van der Waals surface area contributed by atoms with E-state index in [0.29, 0.717) is 0 Å². The third kappa shape index (κ3) is 3.87. The van der Waals surface area contributed by atoms with Gasteiger partial charge in [-0.25, -0.2) is 4.98 Å². The number of pyridine rings is 2. The molecule has 0 saturated carbocycles. The molecule has 0 aliphatic carbocycles. The molecule has 0 spiro atoms. The molecule has 7 aromatic rings. The molecule has 2 nitrogen and oxygen atoms in total. The van der Waals surface area contributed by atoms with Crippen LogP contribution in [0.1, 0.15) is 0 Å². The van der Waals surface area contributed by atoms with Crippen LogP contribution in [0.2, 0.25) is 0 Å². The first-order valence-corrected chi connectivity index (χ1v) is 15.3. The van der Waals surface area contributed by atoms with E-state index in [0.717, 1.165) is 33.1 Å². The van der Waals surface area contributed by atoms with Crippen LogP contribution in [-0.2, 0) is 0 Å². The number of aromatic nitrogens is 2. The Morgan fingerprint density at radius 1 is 0.410 bits per heavy atom. The first-order valence-electron chi connectivity index (χ1n) is 13.3. The molecule has 5 aromatic carbocycles. The second-order valence-electron chi connectivity index (χ2n) is 9.80. The van der Waals surface area contributed by atoms with E-state index < -0.39 is 8.07 Å². The molecule has 0 saturated heterocycles. The van der Waals surface area contributed by atoms with E-state index in [1.54, 1.807) is 0 Å². The summed E-state index contributed by atoms with van der Waals surface area (Å²) in [6.07, 6.45) is 1.85. The molecule has 3 heteroatoms. The Morgan fingerprint density at radius 2 is 0.923 bits per heavy atom. The molecule has 0 aliphatic heterocycles. The zero-order valence-corrected chi connectivity index (χ0v) is 22.4. The number of hydrogen-bond acceptors (Lipinski definition) is 2. The molecule has 184 valence electrons. The minimum absolute atomic E-state index is 0.937. The predicted octanol–water partition coefficient (Wildman–Crippen LogP) is 5.83. The van der Waals surface area contributed by atoms with Crippen molar-refractivity contribution in [3.63, 3.8) is 0 Å². The fourth-order valence-corrected chi connectivity index (χ4v) is 10.9. The third-order valence-corrected chi connectivity index (χ3v) is 12.5. The molecule has 2 aromatic heterocycles. The Morgan fingerprint density at radius 3 is 1.54 bits per heavy atom. The van der Waals surface area contributed by atoms with Gasteiger partial charge in [0.05, 0.1) is 16.7 Å². The maximum Gasteiger partial charge on any atom is 0.180 e. The minimum Gasteiger partial charge on any atom is -0.254 e. The van der Waals surface area contributed by atoms with Gasteiger partial charge in [0.25, 0.3) is 0 Å². The summed E-state index contributed by atoms with van der Waals surface area (Å²) in [6.45, 7) is 0. The van der Waals surface area contributed by atoms with Gasteiger partial charge in [-0.05, 0) is 32.9 Å². The summed E-state index contributed by atoms with van der Waals surface area (Å²) in [7, 11) is -2.70. The first kappa shape index (κ1) is 23.3. The fraction of sp³-hybridized carbons (Fsp3) is 0. The van der Waals surface area contributed by atoms with E-state index in [4.69, 9.17) is 9.97 Å². The van der Waals surface area contributed by atoms with Crippen molar-refractivity contribution in [2.75, 3.05) is 0 Å². The van der Waals surface area contributed by atoms with Crippen molar-refractivity contribution in [1.29, 1.82) is 0 Å². The summed E-state index contributed by atoms with van der Waals surface area (Å²) in [5, 5.41) is 7.58. The molecule has 0 bridgehead atoms. The standard InChI is InChI=1S/C36H26N2Si/c1-4-14-29(15-5-1)39(30-16-6-2-7-17-30,31-18-8-3-9-19-31)34-21-11-10-20-32(34)33-25-24-28-23-22-27-13-12-26-37-35(27)36(28)38-33/h1-26H. The molecule has 0 radical (unpaired) electrons. The Balaban J connectivity index is 1.58. The number of rotatable bonds is 5. The number of benzene rings is 5. The molecule has 7 rings (SSSR count). The summed E-state index contributed by atoms with van der Waals surface area (Å²) in [6, 6.07) is 54.6. The van der Waals surface area contributed by atoms with E-state index in [-0.39, 0.29) is 0 Å². The van der Waals surface area contributed by atoms with E-state index in [1.165, 1.54) is 20.7 Å². The van der Waals surface area contributed by atoms with Gasteiger partial charge >= 0.3 is 0 Å². The van der Waals surface area contributed by atoms with Crippen LogP contribution < -0.4 is 20.7 Å². The summed E-state index contributed by atoms with van der Waals surface area (Å²) in [5.41, 5.74) is 4.00. The zero-order valence-electron chi connectivity index (χ0n) is 21.4. The highest BCUT2D eigenvalue weighted by molar-refractivity contribution is 7.20. The van der Waals surface area contributed by atoms with Gasteiger partial charge in [-0.1, -0.05) is 140 Å². The molecule has 0 fully saturated rings. The topological polar surface area (TPSA) is 25.8 Å². The SMILES string of the molecule is c1ccc([Si](c2ccccc2)(c2ccccc2)c2ccccc2-c2ccc3ccc4cccnc4c3n2)cc1. The summed E-state index contributed by atoms with van der Waals surface area (Å²) in [5.74, 6) is 0. The van der Waals surface area contributed by atoms with Gasteiger partial charge in [-0.3, -0.25) is 4.98 Å². The minimum atomic E-state index is -2.70. The average molecular weight is 515 g/mol. The largest absolute Gasteiger partial charge is 0.254 e. The van der Waals surface area contributed by atoms with Crippen LogP contribution in [0.25, 0.3) is 33.1 Å². The van der Waals surface area contributed by atoms with Gasteiger partial charge in [0.1, 0.15) is 0 Å². The van der Waals surface area contributed by atoms with Crippen LogP contribution in [0.15, 0.2) is 158 Å². The molecule has 0 unspecified atom stereocenters. The van der Waals surface area contributed by atoms with Crippen LogP contribution >= 0.6 is 0 Å². The van der Waals surface area contributed by atoms with Crippen molar-refractivity contribution < 1.29 is 0 Å². The van der Waals surface area contributed by atoms with Gasteiger partial charge in [0.2, 0.25) is 0 Å². The van der Waals surface area contributed by atoms with E-state index in [2.05, 4.69) is 146 Å². The normalized spacial score (nSPS) is 11.6. The van der Waals surface area contributed by atoms with Crippen molar-refractivity contribution in [3.8, 4) is 11.3 Å². The van der Waals surface area contributed by atoms with Gasteiger partial charge in [0, 0.05) is 22.5 Å². The Hall–Kier alpha value is -4.86. The highest BCUT2D eigenvalue weighted by atomic mass is 28.3. The maximum atomic E-state index is 5.29. The number of fused-ring (bicyclic) bond motifs is 3. The fourth-order valence-electron chi connectivity index (χ4n) is 5.94. The first-order chi connectivity index (χ1) is 19.4. The highest BCUT2D eigenvalue weighted by Gasteiger charge is 2.42. The van der Waals surface area contributed by atoms with Crippen molar-refractivity contribution in [2.45, 2.75) is 0 Å². The lowest BCUT2D eigenvalue weighted by molar-refractivity contribution is 1.37. The average Bonchev–Trinajstić information content (AvgIpc) is 3.03. The molecule has 0 atom stereocenters. The Kier molecular flexibility index (Phi) is 5.84. The summed E-state index contributed by atoms with van der Waals surface area (Å²) >= 11 is 0. The van der Waals surface area contributed by atoms with Crippen molar-refractivity contribution >= 4 is 50.6 Å². The van der Waals surface area contributed by atoms with E-state index in [9.17, 15) is 0 Å². The monoisotopic (exact) mass is 514 g/mol. The van der Waals surface area contributed by atoms with Crippen molar-refractivity contribution in [3.05, 3.63) is 158 Å². The molecular formula is C36H26N2Si. The van der Waals surface area contributed by atoms with E-state index in [1.807, 2.05) is 12.3 Å². The quantitative estimate of drug-likeness (QED) is 0.164. The lowest BCUT2D eigenvalue weighted by Crippen LogP contribution is -2.75. The smallest absolute Gasteiger partial charge is 0.180 e. The lowest BCUT2D eigenvalue weighted by atomic mass is 10.1. The summed E-state index contributed by atoms with van der Waals surface area (Å²) < 4.78 is 0. The van der Waals surface area contributed by atoms with Gasteiger partial charge in [-0.15, -0.1) is 0 Å². The van der Waals surface area contributed by atoms with Gasteiger partial charge < -0.3 is 0 Å². The van der Waals surface area contributed by atoms with Crippen LogP contribution in [0, 0.1) is 0 Å². The molecular weight excluding hydrogens is 488 g/mol.